The maximum Gasteiger partial charge on any atom is 0.163 e. The second-order valence-corrected chi connectivity index (χ2v) is 7.65. The molecule has 1 aromatic carbocycles. The first-order valence-corrected chi connectivity index (χ1v) is 10.0. The molecule has 2 N–H and O–H groups in total. The Hall–Kier alpha value is -3.55. The van der Waals surface area contributed by atoms with Crippen LogP contribution in [0.2, 0.25) is 0 Å². The van der Waals surface area contributed by atoms with Gasteiger partial charge >= 0.3 is 0 Å². The topological polar surface area (TPSA) is 69.3 Å². The van der Waals surface area contributed by atoms with E-state index in [9.17, 15) is 8.78 Å². The minimum absolute atomic E-state index is 0.273. The lowest BCUT2D eigenvalue weighted by Crippen LogP contribution is -2.26. The van der Waals surface area contributed by atoms with Crippen LogP contribution in [0.3, 0.4) is 0 Å². The van der Waals surface area contributed by atoms with Crippen molar-refractivity contribution >= 4 is 17.0 Å². The van der Waals surface area contributed by atoms with Gasteiger partial charge in [0.25, 0.3) is 0 Å². The molecule has 0 fully saturated rings. The summed E-state index contributed by atoms with van der Waals surface area (Å²) in [7, 11) is 0. The van der Waals surface area contributed by atoms with Crippen molar-refractivity contribution in [3.63, 3.8) is 0 Å². The summed E-state index contributed by atoms with van der Waals surface area (Å²) in [4.78, 5) is 1.88. The number of fused-ring (bicyclic) bond motifs is 1. The smallest absolute Gasteiger partial charge is 0.163 e. The molecule has 0 amide bonds. The number of aryl methyl sites for hydroxylation is 2. The molecule has 0 aliphatic carbocycles. The van der Waals surface area contributed by atoms with Crippen molar-refractivity contribution < 1.29 is 8.78 Å². The lowest BCUT2D eigenvalue weighted by Gasteiger charge is -2.30. The minimum Gasteiger partial charge on any atom is -0.383 e. The van der Waals surface area contributed by atoms with Gasteiger partial charge in [-0.05, 0) is 45.4 Å². The summed E-state index contributed by atoms with van der Waals surface area (Å²) >= 11 is 0. The van der Waals surface area contributed by atoms with Crippen LogP contribution in [0.4, 0.5) is 14.5 Å². The van der Waals surface area contributed by atoms with Crippen LogP contribution in [-0.2, 0) is 0 Å². The number of rotatable bonds is 5. The Morgan fingerprint density at radius 2 is 1.97 bits per heavy atom. The standard InChI is InChI=1S/C23H24F2N6/c1-6-27-21-14(4)31(17-9-12(2)23-29-28-15(5)30(23)11-17)22(20(21)13(3)26)18-8-7-16(24)10-19(18)25/h7-11,22,26-27H,4,6H2,1-3,5H3. The molecular weight excluding hydrogens is 398 g/mol. The zero-order chi connectivity index (χ0) is 22.4. The molecule has 8 heteroatoms. The molecular formula is C23H24F2N6. The Balaban J connectivity index is 1.99. The third kappa shape index (κ3) is 3.28. The number of halogens is 2. The zero-order valence-corrected chi connectivity index (χ0v) is 17.9. The summed E-state index contributed by atoms with van der Waals surface area (Å²) in [5, 5.41) is 20.1. The van der Waals surface area contributed by atoms with Gasteiger partial charge in [-0.25, -0.2) is 8.78 Å². The number of nitrogens with one attached hydrogen (secondary N) is 2. The maximum absolute atomic E-state index is 15.0. The molecule has 0 saturated carbocycles. The highest BCUT2D eigenvalue weighted by Gasteiger charge is 2.40. The summed E-state index contributed by atoms with van der Waals surface area (Å²) in [6.07, 6.45) is 1.88. The van der Waals surface area contributed by atoms with E-state index in [1.807, 2.05) is 42.3 Å². The van der Waals surface area contributed by atoms with Gasteiger partial charge in [-0.15, -0.1) is 10.2 Å². The number of hydrogen-bond donors (Lipinski definition) is 2. The molecule has 1 aliphatic rings. The van der Waals surface area contributed by atoms with Crippen LogP contribution in [0.1, 0.15) is 36.8 Å². The molecule has 2 aromatic heterocycles. The second kappa shape index (κ2) is 7.61. The first-order chi connectivity index (χ1) is 14.7. The van der Waals surface area contributed by atoms with E-state index in [2.05, 4.69) is 22.1 Å². The van der Waals surface area contributed by atoms with E-state index in [1.165, 1.54) is 12.1 Å². The molecule has 3 heterocycles. The highest BCUT2D eigenvalue weighted by Crippen LogP contribution is 2.46. The molecule has 1 aliphatic heterocycles. The molecule has 4 rings (SSSR count). The van der Waals surface area contributed by atoms with Crippen molar-refractivity contribution in [2.75, 3.05) is 11.4 Å². The normalized spacial score (nSPS) is 16.5. The summed E-state index contributed by atoms with van der Waals surface area (Å²) in [6, 6.07) is 4.81. The SMILES string of the molecule is C=C1C(NCC)=C(C(C)=N)C(c2ccc(F)cc2F)N1c1cc(C)c2nnc(C)n2c1. The first-order valence-electron chi connectivity index (χ1n) is 10.0. The van der Waals surface area contributed by atoms with Gasteiger partial charge in [-0.2, -0.15) is 0 Å². The van der Waals surface area contributed by atoms with Gasteiger partial charge in [-0.3, -0.25) is 4.40 Å². The van der Waals surface area contributed by atoms with Crippen molar-refractivity contribution in [1.82, 2.24) is 19.9 Å². The molecule has 6 nitrogen and oxygen atoms in total. The minimum atomic E-state index is -0.673. The van der Waals surface area contributed by atoms with Crippen LogP contribution in [0.5, 0.6) is 0 Å². The predicted octanol–water partition coefficient (Wildman–Crippen LogP) is 4.60. The van der Waals surface area contributed by atoms with Gasteiger partial charge < -0.3 is 15.6 Å². The van der Waals surface area contributed by atoms with E-state index in [0.717, 1.165) is 28.8 Å². The molecule has 0 saturated heterocycles. The van der Waals surface area contributed by atoms with Crippen molar-refractivity contribution in [3.05, 3.63) is 82.6 Å². The monoisotopic (exact) mass is 422 g/mol. The Labute approximate surface area is 179 Å². The second-order valence-electron chi connectivity index (χ2n) is 7.65. The van der Waals surface area contributed by atoms with Crippen molar-refractivity contribution in [2.24, 2.45) is 0 Å². The molecule has 1 atom stereocenters. The summed E-state index contributed by atoms with van der Waals surface area (Å²) in [6.45, 7) is 12.3. The van der Waals surface area contributed by atoms with Crippen LogP contribution in [0.15, 0.2) is 54.0 Å². The van der Waals surface area contributed by atoms with Crippen molar-refractivity contribution in [2.45, 2.75) is 33.7 Å². The Kier molecular flexibility index (Phi) is 5.08. The fourth-order valence-electron chi connectivity index (χ4n) is 4.17. The summed E-state index contributed by atoms with van der Waals surface area (Å²) in [5.41, 5.74) is 4.84. The summed E-state index contributed by atoms with van der Waals surface area (Å²) < 4.78 is 30.5. The fraction of sp³-hybridized carbons (Fsp3) is 0.261. The molecule has 0 radical (unpaired) electrons. The van der Waals surface area contributed by atoms with E-state index in [-0.39, 0.29) is 11.3 Å². The largest absolute Gasteiger partial charge is 0.383 e. The van der Waals surface area contributed by atoms with E-state index >= 15 is 0 Å². The van der Waals surface area contributed by atoms with Crippen LogP contribution in [0.25, 0.3) is 5.65 Å². The Morgan fingerprint density at radius 1 is 1.23 bits per heavy atom. The van der Waals surface area contributed by atoms with E-state index < -0.39 is 17.7 Å². The number of aromatic nitrogens is 3. The van der Waals surface area contributed by atoms with Gasteiger partial charge in [0.05, 0.1) is 23.1 Å². The van der Waals surface area contributed by atoms with E-state index in [4.69, 9.17) is 5.41 Å². The predicted molar refractivity (Wildman–Crippen MR) is 117 cm³/mol. The molecule has 0 spiro atoms. The number of anilines is 1. The zero-order valence-electron chi connectivity index (χ0n) is 17.9. The number of hydrogen-bond acceptors (Lipinski definition) is 5. The third-order valence-electron chi connectivity index (χ3n) is 5.52. The lowest BCUT2D eigenvalue weighted by molar-refractivity contribution is 0.565. The van der Waals surface area contributed by atoms with Gasteiger partial charge in [0.15, 0.2) is 5.65 Å². The van der Waals surface area contributed by atoms with Crippen molar-refractivity contribution in [3.8, 4) is 0 Å². The molecule has 31 heavy (non-hydrogen) atoms. The number of likely N-dealkylation sites (N-methyl/N-ethyl adjacent to an activating group) is 1. The van der Waals surface area contributed by atoms with Crippen LogP contribution in [0, 0.1) is 30.9 Å². The summed E-state index contributed by atoms with van der Waals surface area (Å²) in [5.74, 6) is -0.596. The third-order valence-corrected chi connectivity index (χ3v) is 5.52. The molecule has 0 bridgehead atoms. The van der Waals surface area contributed by atoms with Gasteiger partial charge in [0, 0.05) is 35.7 Å². The van der Waals surface area contributed by atoms with Crippen LogP contribution >= 0.6 is 0 Å². The highest BCUT2D eigenvalue weighted by molar-refractivity contribution is 6.01. The number of nitrogens with zero attached hydrogens (tertiary/aromatic N) is 4. The lowest BCUT2D eigenvalue weighted by atomic mass is 9.95. The van der Waals surface area contributed by atoms with Gasteiger partial charge in [0.2, 0.25) is 0 Å². The van der Waals surface area contributed by atoms with Gasteiger partial charge in [-0.1, -0.05) is 12.6 Å². The average Bonchev–Trinajstić information content (AvgIpc) is 3.21. The number of benzene rings is 1. The average molecular weight is 422 g/mol. The van der Waals surface area contributed by atoms with Crippen LogP contribution < -0.4 is 10.2 Å². The molecule has 160 valence electrons. The molecule has 3 aromatic rings. The Morgan fingerprint density at radius 3 is 2.61 bits per heavy atom. The Bertz CT molecular complexity index is 1260. The van der Waals surface area contributed by atoms with E-state index in [1.54, 1.807) is 6.92 Å². The first kappa shape index (κ1) is 20.7. The number of pyridine rings is 1. The van der Waals surface area contributed by atoms with E-state index in [0.29, 0.717) is 23.5 Å². The fourth-order valence-corrected chi connectivity index (χ4v) is 4.17. The van der Waals surface area contributed by atoms with Crippen LogP contribution in [-0.4, -0.2) is 26.9 Å². The van der Waals surface area contributed by atoms with Crippen molar-refractivity contribution in [1.29, 1.82) is 5.41 Å². The highest BCUT2D eigenvalue weighted by atomic mass is 19.1. The molecule has 1 unspecified atom stereocenters. The van der Waals surface area contributed by atoms with Gasteiger partial charge in [0.1, 0.15) is 17.5 Å². The maximum atomic E-state index is 15.0. The quantitative estimate of drug-likeness (QED) is 0.590.